The molecule has 0 radical (unpaired) electrons. The first-order valence-electron chi connectivity index (χ1n) is 11.4. The van der Waals surface area contributed by atoms with Gasteiger partial charge in [-0.2, -0.15) is 18.3 Å². The highest BCUT2D eigenvalue weighted by atomic mass is 32.1. The van der Waals surface area contributed by atoms with Crippen molar-refractivity contribution in [2.75, 3.05) is 21.7 Å². The number of rotatable bonds is 5. The molecule has 0 aliphatic rings. The lowest BCUT2D eigenvalue weighted by atomic mass is 10.1. The van der Waals surface area contributed by atoms with Gasteiger partial charge in [-0.3, -0.25) is 9.48 Å². The van der Waals surface area contributed by atoms with E-state index in [-0.39, 0.29) is 17.1 Å². The zero-order valence-corrected chi connectivity index (χ0v) is 21.2. The van der Waals surface area contributed by atoms with E-state index in [1.54, 1.807) is 24.1 Å². The lowest BCUT2D eigenvalue weighted by Crippen LogP contribution is -2.20. The Labute approximate surface area is 226 Å². The molecule has 10 nitrogen and oxygen atoms in total. The summed E-state index contributed by atoms with van der Waals surface area (Å²) in [4.78, 5) is 35.0. The Morgan fingerprint density at radius 1 is 1.00 bits per heavy atom. The summed E-state index contributed by atoms with van der Waals surface area (Å²) in [5, 5.41) is 11.8. The number of nitrogens with one attached hydrogen (secondary N) is 3. The first-order chi connectivity index (χ1) is 19.0. The van der Waals surface area contributed by atoms with Gasteiger partial charge in [0.25, 0.3) is 5.91 Å². The van der Waals surface area contributed by atoms with Crippen molar-refractivity contribution in [3.63, 3.8) is 0 Å². The quantitative estimate of drug-likeness (QED) is 0.199. The van der Waals surface area contributed by atoms with Crippen LogP contribution in [0.3, 0.4) is 0 Å². The zero-order chi connectivity index (χ0) is 28.6. The third-order valence-corrected chi connectivity index (χ3v) is 6.80. The van der Waals surface area contributed by atoms with Crippen molar-refractivity contribution in [3.05, 3.63) is 78.1 Å². The fraction of sp³-hybridized carbons (Fsp3) is 0.0800. The zero-order valence-electron chi connectivity index (χ0n) is 20.4. The molecule has 0 aliphatic carbocycles. The molecular formula is C25H18F4N8O2S. The van der Waals surface area contributed by atoms with Crippen LogP contribution in [0.5, 0.6) is 0 Å². The molecule has 0 fully saturated rings. The summed E-state index contributed by atoms with van der Waals surface area (Å²) >= 11 is 1.27. The van der Waals surface area contributed by atoms with Gasteiger partial charge in [0, 0.05) is 30.2 Å². The Hall–Kier alpha value is -5.05. The summed E-state index contributed by atoms with van der Waals surface area (Å²) in [6.07, 6.45) is -0.0242. The molecule has 3 aromatic heterocycles. The molecule has 0 saturated carbocycles. The van der Waals surface area contributed by atoms with Gasteiger partial charge in [-0.25, -0.2) is 19.2 Å². The molecule has 5 aromatic rings. The summed E-state index contributed by atoms with van der Waals surface area (Å²) < 4.78 is 54.3. The number of fused-ring (bicyclic) bond motifs is 1. The van der Waals surface area contributed by atoms with Crippen molar-refractivity contribution < 1.29 is 27.2 Å². The molecule has 5 N–H and O–H groups in total. The van der Waals surface area contributed by atoms with E-state index >= 15 is 0 Å². The first kappa shape index (κ1) is 26.6. The van der Waals surface area contributed by atoms with Crippen molar-refractivity contribution in [2.24, 2.45) is 7.05 Å². The number of amides is 3. The number of nitrogens with two attached hydrogens (primary N) is 1. The van der Waals surface area contributed by atoms with Crippen molar-refractivity contribution in [3.8, 4) is 10.4 Å². The van der Waals surface area contributed by atoms with Crippen molar-refractivity contribution in [1.82, 2.24) is 19.7 Å². The Balaban J connectivity index is 1.32. The van der Waals surface area contributed by atoms with E-state index in [4.69, 9.17) is 5.73 Å². The van der Waals surface area contributed by atoms with Crippen LogP contribution < -0.4 is 21.7 Å². The number of aromatic nitrogens is 4. The number of thiophene rings is 1. The highest BCUT2D eigenvalue weighted by Gasteiger charge is 2.31. The van der Waals surface area contributed by atoms with Gasteiger partial charge in [0.2, 0.25) is 0 Å². The summed E-state index contributed by atoms with van der Waals surface area (Å²) in [7, 11) is 1.75. The fourth-order valence-corrected chi connectivity index (χ4v) is 4.95. The van der Waals surface area contributed by atoms with Crippen molar-refractivity contribution in [2.45, 2.75) is 6.18 Å². The lowest BCUT2D eigenvalue weighted by molar-refractivity contribution is -0.137. The Kier molecular flexibility index (Phi) is 6.81. The molecule has 204 valence electrons. The average molecular weight is 571 g/mol. The fourth-order valence-electron chi connectivity index (χ4n) is 3.83. The second kappa shape index (κ2) is 10.3. The van der Waals surface area contributed by atoms with E-state index in [1.165, 1.54) is 41.9 Å². The molecule has 40 heavy (non-hydrogen) atoms. The number of carbonyl (C=O) groups excluding carboxylic acids is 2. The molecule has 3 heterocycles. The molecule has 15 heteroatoms. The first-order valence-corrected chi connectivity index (χ1v) is 12.2. The van der Waals surface area contributed by atoms with Crippen LogP contribution in [0, 0.1) is 5.82 Å². The van der Waals surface area contributed by atoms with Crippen LogP contribution in [-0.2, 0) is 13.2 Å². The number of benzene rings is 2. The number of carbonyl (C=O) groups is 2. The SMILES string of the molecule is Cn1cc(-c2sc3ncnc(N)c3c2C(=O)Nc2ccc(NC(=O)Nc3cc(C(F)(F)F)ccc3F)cc2)cn1. The van der Waals surface area contributed by atoms with Gasteiger partial charge in [-0.05, 0) is 42.5 Å². The monoisotopic (exact) mass is 570 g/mol. The normalized spacial score (nSPS) is 11.4. The highest BCUT2D eigenvalue weighted by Crippen LogP contribution is 2.40. The molecule has 0 bridgehead atoms. The van der Waals surface area contributed by atoms with Crippen molar-refractivity contribution >= 4 is 56.4 Å². The number of hydrogen-bond acceptors (Lipinski definition) is 7. The number of nitrogens with zero attached hydrogens (tertiary/aromatic N) is 4. The third-order valence-electron chi connectivity index (χ3n) is 5.65. The van der Waals surface area contributed by atoms with E-state index in [0.717, 1.165) is 0 Å². The van der Waals surface area contributed by atoms with Crippen LogP contribution in [0.25, 0.3) is 20.7 Å². The van der Waals surface area contributed by atoms with Gasteiger partial charge in [0.05, 0.1) is 33.3 Å². The number of alkyl halides is 3. The van der Waals surface area contributed by atoms with Gasteiger partial charge in [-0.1, -0.05) is 0 Å². The number of halogens is 4. The van der Waals surface area contributed by atoms with Crippen LogP contribution in [-0.4, -0.2) is 31.7 Å². The molecule has 3 amide bonds. The number of nitrogen functional groups attached to an aromatic ring is 1. The largest absolute Gasteiger partial charge is 0.416 e. The van der Waals surface area contributed by atoms with Gasteiger partial charge >= 0.3 is 12.2 Å². The molecule has 5 rings (SSSR count). The van der Waals surface area contributed by atoms with Gasteiger partial charge in [0.1, 0.15) is 22.8 Å². The molecule has 0 spiro atoms. The van der Waals surface area contributed by atoms with Gasteiger partial charge in [-0.15, -0.1) is 11.3 Å². The second-order valence-electron chi connectivity index (χ2n) is 8.45. The van der Waals surface area contributed by atoms with Crippen LogP contribution >= 0.6 is 11.3 Å². The maximum Gasteiger partial charge on any atom is 0.416 e. The maximum absolute atomic E-state index is 13.9. The smallest absolute Gasteiger partial charge is 0.383 e. The minimum atomic E-state index is -4.70. The Morgan fingerprint density at radius 2 is 1.70 bits per heavy atom. The van der Waals surface area contributed by atoms with Crippen LogP contribution in [0.1, 0.15) is 15.9 Å². The van der Waals surface area contributed by atoms with E-state index < -0.39 is 35.2 Å². The van der Waals surface area contributed by atoms with E-state index in [2.05, 4.69) is 31.0 Å². The molecule has 0 aliphatic heterocycles. The van der Waals surface area contributed by atoms with E-state index in [0.29, 0.717) is 44.5 Å². The predicted molar refractivity (Wildman–Crippen MR) is 142 cm³/mol. The van der Waals surface area contributed by atoms with E-state index in [9.17, 15) is 27.2 Å². The van der Waals surface area contributed by atoms with Gasteiger partial charge in [0.15, 0.2) is 0 Å². The summed E-state index contributed by atoms with van der Waals surface area (Å²) in [6, 6.07) is 6.62. The molecule has 0 unspecified atom stereocenters. The van der Waals surface area contributed by atoms with Crippen LogP contribution in [0.15, 0.2) is 61.2 Å². The van der Waals surface area contributed by atoms with E-state index in [1.807, 2.05) is 0 Å². The van der Waals surface area contributed by atoms with Gasteiger partial charge < -0.3 is 21.7 Å². The Morgan fingerprint density at radius 3 is 2.35 bits per heavy atom. The predicted octanol–water partition coefficient (Wildman–Crippen LogP) is 5.73. The van der Waals surface area contributed by atoms with Crippen LogP contribution in [0.2, 0.25) is 0 Å². The molecular weight excluding hydrogens is 552 g/mol. The number of aryl methyl sites for hydroxylation is 1. The molecule has 0 atom stereocenters. The number of anilines is 4. The topological polar surface area (TPSA) is 140 Å². The standard InChI is InChI=1S/C25H18F4N8O2S/c1-37-10-12(9-33-37)20-18(19-21(30)31-11-32-23(19)40-20)22(38)34-14-3-5-15(6-4-14)35-24(39)36-17-8-13(25(27,28)29)2-7-16(17)26/h2-11H,1H3,(H,34,38)(H2,30,31,32)(H2,35,36,39). The van der Waals surface area contributed by atoms with Crippen molar-refractivity contribution in [1.29, 1.82) is 0 Å². The Bertz CT molecular complexity index is 1750. The maximum atomic E-state index is 13.9. The third kappa shape index (κ3) is 5.40. The second-order valence-corrected chi connectivity index (χ2v) is 9.45. The number of hydrogen-bond donors (Lipinski definition) is 4. The minimum Gasteiger partial charge on any atom is -0.383 e. The molecule has 0 saturated heterocycles. The summed E-state index contributed by atoms with van der Waals surface area (Å²) in [6.45, 7) is 0. The summed E-state index contributed by atoms with van der Waals surface area (Å²) in [5.74, 6) is -1.37. The minimum absolute atomic E-state index is 0.143. The number of urea groups is 1. The molecule has 2 aromatic carbocycles. The lowest BCUT2D eigenvalue weighted by Gasteiger charge is -2.12. The highest BCUT2D eigenvalue weighted by molar-refractivity contribution is 7.22. The summed E-state index contributed by atoms with van der Waals surface area (Å²) in [5.41, 5.74) is 5.90. The average Bonchev–Trinajstić information content (AvgIpc) is 3.50. The van der Waals surface area contributed by atoms with Crippen LogP contribution in [0.4, 0.5) is 45.2 Å².